The fourth-order valence-corrected chi connectivity index (χ4v) is 6.42. The normalized spacial score (nSPS) is 19.7. The monoisotopic (exact) mass is 508 g/mol. The molecule has 39 heavy (non-hydrogen) atoms. The minimum atomic E-state index is 0.411. The molecule has 0 heterocycles. The molecule has 1 unspecified atom stereocenters. The minimum Gasteiger partial charge on any atom is -0.115 e. The van der Waals surface area contributed by atoms with Gasteiger partial charge in [0.15, 0.2) is 0 Å². The molecule has 1 fully saturated rings. The predicted molar refractivity (Wildman–Crippen MR) is 167 cm³/mol. The van der Waals surface area contributed by atoms with E-state index in [9.17, 15) is 0 Å². The molecule has 2 aliphatic carbocycles. The van der Waals surface area contributed by atoms with Crippen molar-refractivity contribution in [1.82, 2.24) is 0 Å². The summed E-state index contributed by atoms with van der Waals surface area (Å²) >= 11 is 0. The third-order valence-corrected chi connectivity index (χ3v) is 8.71. The fraction of sp³-hybridized carbons (Fsp3) is 0.282. The van der Waals surface area contributed by atoms with Crippen molar-refractivity contribution in [2.75, 3.05) is 0 Å². The lowest BCUT2D eigenvalue weighted by molar-refractivity contribution is 0.252. The number of aryl methyl sites for hydroxylation is 1. The average molecular weight is 509 g/mol. The molecule has 196 valence electrons. The van der Waals surface area contributed by atoms with E-state index < -0.39 is 0 Å². The smallest absolute Gasteiger partial charge is 0.0242 e. The lowest BCUT2D eigenvalue weighted by Crippen LogP contribution is -2.23. The zero-order valence-electron chi connectivity index (χ0n) is 23.1. The van der Waals surface area contributed by atoms with Crippen molar-refractivity contribution in [3.63, 3.8) is 0 Å². The highest BCUT2D eigenvalue weighted by molar-refractivity contribution is 5.76. The standard InChI is InChI=1S/C39H40/c1-4-31-14-16-33(17-15-31)28-34-18-22-37(23-19-34)39(30(3)12-13-32-8-6-5-7-9-32)38-26-24-36(25-27-38)35-20-10-29(2)11-21-35/h1,5-10,14-17,20-21,24-27,34,37,39H,2-3,11-13,18-19,22-23,28H2. The molecule has 0 aliphatic heterocycles. The van der Waals surface area contributed by atoms with Gasteiger partial charge in [0.05, 0.1) is 0 Å². The van der Waals surface area contributed by atoms with Gasteiger partial charge in [0.2, 0.25) is 0 Å². The van der Waals surface area contributed by atoms with Gasteiger partial charge in [0.1, 0.15) is 0 Å². The highest BCUT2D eigenvalue weighted by Gasteiger charge is 2.30. The van der Waals surface area contributed by atoms with Gasteiger partial charge in [-0.2, -0.15) is 0 Å². The van der Waals surface area contributed by atoms with Crippen LogP contribution in [-0.2, 0) is 12.8 Å². The quantitative estimate of drug-likeness (QED) is 0.199. The van der Waals surface area contributed by atoms with Gasteiger partial charge in [-0.1, -0.05) is 115 Å². The van der Waals surface area contributed by atoms with E-state index in [1.165, 1.54) is 64.7 Å². The third-order valence-electron chi connectivity index (χ3n) is 8.71. The van der Waals surface area contributed by atoms with E-state index in [0.717, 1.165) is 37.2 Å². The fourth-order valence-electron chi connectivity index (χ4n) is 6.42. The molecule has 0 N–H and O–H groups in total. The second kappa shape index (κ2) is 12.8. The van der Waals surface area contributed by atoms with E-state index >= 15 is 0 Å². The Kier molecular flexibility index (Phi) is 8.80. The van der Waals surface area contributed by atoms with E-state index in [1.54, 1.807) is 0 Å². The zero-order valence-corrected chi connectivity index (χ0v) is 23.1. The van der Waals surface area contributed by atoms with Crippen LogP contribution in [0, 0.1) is 24.2 Å². The SMILES string of the molecule is C#Cc1ccc(CC2CCC(C(C(=C)CCc3ccccc3)c3ccc(C4=CCC(=C)C=C4)cc3)CC2)cc1. The Balaban J connectivity index is 1.29. The summed E-state index contributed by atoms with van der Waals surface area (Å²) in [5, 5.41) is 0. The number of hydrogen-bond donors (Lipinski definition) is 0. The van der Waals surface area contributed by atoms with E-state index in [0.29, 0.717) is 11.8 Å². The second-order valence-electron chi connectivity index (χ2n) is 11.4. The zero-order chi connectivity index (χ0) is 27.0. The van der Waals surface area contributed by atoms with Crippen LogP contribution in [0.4, 0.5) is 0 Å². The van der Waals surface area contributed by atoms with Crippen LogP contribution in [0.3, 0.4) is 0 Å². The molecular formula is C39H40. The van der Waals surface area contributed by atoms with Crippen LogP contribution >= 0.6 is 0 Å². The Morgan fingerprint density at radius 3 is 2.21 bits per heavy atom. The van der Waals surface area contributed by atoms with Crippen molar-refractivity contribution in [2.45, 2.75) is 57.3 Å². The summed E-state index contributed by atoms with van der Waals surface area (Å²) in [7, 11) is 0. The summed E-state index contributed by atoms with van der Waals surface area (Å²) in [6.07, 6.45) is 21.4. The minimum absolute atomic E-state index is 0.411. The van der Waals surface area contributed by atoms with Crippen LogP contribution in [0.5, 0.6) is 0 Å². The van der Waals surface area contributed by atoms with E-state index in [1.807, 2.05) is 0 Å². The first-order valence-corrected chi connectivity index (χ1v) is 14.5. The lowest BCUT2D eigenvalue weighted by Gasteiger charge is -2.36. The lowest BCUT2D eigenvalue weighted by atomic mass is 9.69. The Morgan fingerprint density at radius 1 is 0.846 bits per heavy atom. The molecule has 5 rings (SSSR count). The Hall–Kier alpha value is -3.82. The number of terminal acetylenes is 1. The molecule has 3 aromatic rings. The molecule has 1 atom stereocenters. The van der Waals surface area contributed by atoms with Gasteiger partial charge in [-0.05, 0) is 103 Å². The first kappa shape index (κ1) is 26.8. The Bertz CT molecular complexity index is 1370. The van der Waals surface area contributed by atoms with Gasteiger partial charge >= 0.3 is 0 Å². The van der Waals surface area contributed by atoms with Crippen LogP contribution in [0.1, 0.15) is 72.3 Å². The molecule has 2 aliphatic rings. The maximum absolute atomic E-state index is 5.54. The maximum atomic E-state index is 5.54. The van der Waals surface area contributed by atoms with Crippen LogP contribution in [0.15, 0.2) is 121 Å². The van der Waals surface area contributed by atoms with E-state index in [4.69, 9.17) is 13.0 Å². The van der Waals surface area contributed by atoms with Gasteiger partial charge < -0.3 is 0 Å². The summed E-state index contributed by atoms with van der Waals surface area (Å²) in [5.41, 5.74) is 10.3. The van der Waals surface area contributed by atoms with Crippen LogP contribution in [0.2, 0.25) is 0 Å². The largest absolute Gasteiger partial charge is 0.115 e. The molecular weight excluding hydrogens is 468 g/mol. The van der Waals surface area contributed by atoms with Crippen molar-refractivity contribution >= 4 is 5.57 Å². The van der Waals surface area contributed by atoms with Crippen molar-refractivity contribution < 1.29 is 0 Å². The van der Waals surface area contributed by atoms with E-state index in [2.05, 4.69) is 110 Å². The number of benzene rings is 3. The van der Waals surface area contributed by atoms with Crippen molar-refractivity contribution in [2.24, 2.45) is 11.8 Å². The van der Waals surface area contributed by atoms with Crippen molar-refractivity contribution in [1.29, 1.82) is 0 Å². The molecule has 0 amide bonds. The van der Waals surface area contributed by atoms with Crippen molar-refractivity contribution in [3.05, 3.63) is 149 Å². The van der Waals surface area contributed by atoms with Crippen LogP contribution < -0.4 is 0 Å². The summed E-state index contributed by atoms with van der Waals surface area (Å²) in [6.45, 7) is 8.77. The number of rotatable bonds is 9. The molecule has 3 aromatic carbocycles. The highest BCUT2D eigenvalue weighted by Crippen LogP contribution is 2.44. The molecule has 1 saturated carbocycles. The third kappa shape index (κ3) is 6.99. The summed E-state index contributed by atoms with van der Waals surface area (Å²) in [6, 6.07) is 28.8. The first-order chi connectivity index (χ1) is 19.1. The molecule has 0 heteroatoms. The molecule has 0 aromatic heterocycles. The van der Waals surface area contributed by atoms with Gasteiger partial charge in [-0.3, -0.25) is 0 Å². The Morgan fingerprint density at radius 2 is 1.56 bits per heavy atom. The van der Waals surface area contributed by atoms with Crippen molar-refractivity contribution in [3.8, 4) is 12.3 Å². The summed E-state index contributed by atoms with van der Waals surface area (Å²) < 4.78 is 0. The van der Waals surface area contributed by atoms with Crippen LogP contribution in [-0.4, -0.2) is 0 Å². The molecule has 0 bridgehead atoms. The highest BCUT2D eigenvalue weighted by atomic mass is 14.3. The average Bonchev–Trinajstić information content (AvgIpc) is 2.99. The molecule has 0 saturated heterocycles. The summed E-state index contributed by atoms with van der Waals surface area (Å²) in [5.74, 6) is 4.54. The maximum Gasteiger partial charge on any atom is 0.0242 e. The van der Waals surface area contributed by atoms with Crippen LogP contribution in [0.25, 0.3) is 5.57 Å². The Labute approximate surface area is 235 Å². The van der Waals surface area contributed by atoms with Gasteiger partial charge in [0.25, 0.3) is 0 Å². The van der Waals surface area contributed by atoms with Gasteiger partial charge in [-0.25, -0.2) is 0 Å². The first-order valence-electron chi connectivity index (χ1n) is 14.5. The van der Waals surface area contributed by atoms with Gasteiger partial charge in [0, 0.05) is 11.5 Å². The van der Waals surface area contributed by atoms with Gasteiger partial charge in [-0.15, -0.1) is 6.42 Å². The number of allylic oxidation sites excluding steroid dienone is 6. The number of hydrogen-bond acceptors (Lipinski definition) is 0. The summed E-state index contributed by atoms with van der Waals surface area (Å²) in [4.78, 5) is 0. The molecule has 0 nitrogen and oxygen atoms in total. The van der Waals surface area contributed by atoms with E-state index in [-0.39, 0.29) is 0 Å². The second-order valence-corrected chi connectivity index (χ2v) is 11.4. The molecule has 0 radical (unpaired) electrons. The molecule has 0 spiro atoms. The predicted octanol–water partition coefficient (Wildman–Crippen LogP) is 9.89. The topological polar surface area (TPSA) is 0 Å².